The van der Waals surface area contributed by atoms with Crippen molar-refractivity contribution in [2.45, 2.75) is 36.8 Å². The Morgan fingerprint density at radius 3 is 2.30 bits per heavy atom. The van der Waals surface area contributed by atoms with Gasteiger partial charge in [-0.3, -0.25) is 0 Å². The lowest BCUT2D eigenvalue weighted by Crippen LogP contribution is -2.18. The van der Waals surface area contributed by atoms with Crippen molar-refractivity contribution in [2.75, 3.05) is 11.9 Å². The van der Waals surface area contributed by atoms with Gasteiger partial charge in [0, 0.05) is 6.54 Å². The predicted molar refractivity (Wildman–Crippen MR) is 114 cm³/mol. The Morgan fingerprint density at radius 1 is 1.07 bits per heavy atom. The fourth-order valence-corrected chi connectivity index (χ4v) is 4.47. The van der Waals surface area contributed by atoms with Gasteiger partial charge in [0.25, 0.3) is 0 Å². The van der Waals surface area contributed by atoms with Gasteiger partial charge in [0.2, 0.25) is 9.84 Å². The summed E-state index contributed by atoms with van der Waals surface area (Å²) in [7, 11) is -4.13. The lowest BCUT2D eigenvalue weighted by Gasteiger charge is -2.16. The molecule has 6 nitrogen and oxygen atoms in total. The third-order valence-electron chi connectivity index (χ3n) is 4.67. The van der Waals surface area contributed by atoms with E-state index in [-0.39, 0.29) is 16.4 Å². The number of hydrogen-bond donors (Lipinski definition) is 1. The standard InChI is InChI=1S/C22H23FN4O2S/c1-15(2)6-5-13-25-22-21(26-18-7-3-4-8-19(18)27-22)20(14-24)30(28,29)17-11-9-16(23)10-12-17/h3-4,7-12,15,20H,5-6,13H2,1-2H3,(H,25,27)/t20-/m1/s1. The molecule has 0 bridgehead atoms. The molecule has 30 heavy (non-hydrogen) atoms. The number of fused-ring (bicyclic) bond motifs is 1. The van der Waals surface area contributed by atoms with Crippen molar-refractivity contribution >= 4 is 26.7 Å². The van der Waals surface area contributed by atoms with Crippen LogP contribution in [0.5, 0.6) is 0 Å². The zero-order valence-corrected chi connectivity index (χ0v) is 17.7. The van der Waals surface area contributed by atoms with Gasteiger partial charge in [-0.05, 0) is 55.2 Å². The van der Waals surface area contributed by atoms with E-state index in [2.05, 4.69) is 29.1 Å². The fraction of sp³-hybridized carbons (Fsp3) is 0.318. The van der Waals surface area contributed by atoms with E-state index in [9.17, 15) is 18.1 Å². The summed E-state index contributed by atoms with van der Waals surface area (Å²) in [6.07, 6.45) is 1.87. The smallest absolute Gasteiger partial charge is 0.200 e. The van der Waals surface area contributed by atoms with E-state index >= 15 is 0 Å². The van der Waals surface area contributed by atoms with Crippen molar-refractivity contribution in [2.24, 2.45) is 5.92 Å². The molecule has 0 amide bonds. The molecule has 1 atom stereocenters. The average molecular weight is 427 g/mol. The number of halogens is 1. The summed E-state index contributed by atoms with van der Waals surface area (Å²) in [6.45, 7) is 4.83. The van der Waals surface area contributed by atoms with Crippen molar-refractivity contribution in [1.29, 1.82) is 5.26 Å². The maximum atomic E-state index is 13.3. The molecule has 0 saturated carbocycles. The van der Waals surface area contributed by atoms with Crippen molar-refractivity contribution < 1.29 is 12.8 Å². The summed E-state index contributed by atoms with van der Waals surface area (Å²) < 4.78 is 39.5. The first-order valence-corrected chi connectivity index (χ1v) is 11.3. The monoisotopic (exact) mass is 426 g/mol. The lowest BCUT2D eigenvalue weighted by atomic mass is 10.1. The van der Waals surface area contributed by atoms with Crippen LogP contribution in [0.15, 0.2) is 53.4 Å². The third kappa shape index (κ3) is 4.74. The highest BCUT2D eigenvalue weighted by Crippen LogP contribution is 2.32. The molecule has 0 saturated heterocycles. The SMILES string of the molecule is CC(C)CCCNc1nc2ccccc2nc1[C@@H](C#N)S(=O)(=O)c1ccc(F)cc1. The van der Waals surface area contributed by atoms with E-state index in [4.69, 9.17) is 0 Å². The first kappa shape index (κ1) is 21.7. The number of aromatic nitrogens is 2. The van der Waals surface area contributed by atoms with Crippen molar-refractivity contribution in [3.63, 3.8) is 0 Å². The zero-order valence-electron chi connectivity index (χ0n) is 16.8. The molecule has 0 aliphatic carbocycles. The minimum absolute atomic E-state index is 0.0464. The summed E-state index contributed by atoms with van der Waals surface area (Å²) in [5.74, 6) is 0.259. The van der Waals surface area contributed by atoms with Crippen LogP contribution >= 0.6 is 0 Å². The average Bonchev–Trinajstić information content (AvgIpc) is 2.71. The van der Waals surface area contributed by atoms with Gasteiger partial charge in [-0.15, -0.1) is 0 Å². The second-order valence-corrected chi connectivity index (χ2v) is 9.45. The minimum atomic E-state index is -4.13. The molecule has 0 spiro atoms. The molecular formula is C22H23FN4O2S. The van der Waals surface area contributed by atoms with E-state index < -0.39 is 20.9 Å². The Labute approximate surface area is 175 Å². The molecule has 8 heteroatoms. The number of nitrogens with zero attached hydrogens (tertiary/aromatic N) is 3. The first-order chi connectivity index (χ1) is 14.3. The van der Waals surface area contributed by atoms with Crippen LogP contribution in [0.25, 0.3) is 11.0 Å². The van der Waals surface area contributed by atoms with Crippen LogP contribution < -0.4 is 5.32 Å². The van der Waals surface area contributed by atoms with E-state index in [1.54, 1.807) is 18.2 Å². The minimum Gasteiger partial charge on any atom is -0.368 e. The van der Waals surface area contributed by atoms with E-state index in [1.165, 1.54) is 0 Å². The fourth-order valence-electron chi connectivity index (χ4n) is 3.08. The number of benzene rings is 2. The summed E-state index contributed by atoms with van der Waals surface area (Å²) in [5.41, 5.74) is 1.14. The summed E-state index contributed by atoms with van der Waals surface area (Å²) in [4.78, 5) is 8.86. The predicted octanol–water partition coefficient (Wildman–Crippen LogP) is 4.66. The normalized spacial score (nSPS) is 12.6. The number of nitriles is 1. The van der Waals surface area contributed by atoms with Gasteiger partial charge in [-0.1, -0.05) is 26.0 Å². The first-order valence-electron chi connectivity index (χ1n) is 9.72. The Hall–Kier alpha value is -3.05. The van der Waals surface area contributed by atoms with Crippen molar-refractivity contribution in [3.05, 3.63) is 60.0 Å². The molecule has 1 heterocycles. The second-order valence-electron chi connectivity index (χ2n) is 7.42. The molecule has 3 aromatic rings. The van der Waals surface area contributed by atoms with Gasteiger partial charge in [-0.2, -0.15) is 5.26 Å². The number of hydrogen-bond acceptors (Lipinski definition) is 6. The molecule has 3 rings (SSSR count). The molecule has 1 N–H and O–H groups in total. The Morgan fingerprint density at radius 2 is 1.70 bits per heavy atom. The molecule has 0 radical (unpaired) electrons. The van der Waals surface area contributed by atoms with Gasteiger partial charge in [-0.25, -0.2) is 22.8 Å². The summed E-state index contributed by atoms with van der Waals surface area (Å²) in [6, 6.07) is 13.4. The van der Waals surface area contributed by atoms with E-state index in [0.717, 1.165) is 37.1 Å². The van der Waals surface area contributed by atoms with E-state index in [1.807, 2.05) is 12.1 Å². The number of nitrogens with one attached hydrogen (secondary N) is 1. The van der Waals surface area contributed by atoms with Crippen LogP contribution in [-0.2, 0) is 9.84 Å². The summed E-state index contributed by atoms with van der Waals surface area (Å²) in [5, 5.41) is 11.4. The van der Waals surface area contributed by atoms with Gasteiger partial charge in [0.1, 0.15) is 11.5 Å². The Balaban J connectivity index is 2.05. The molecule has 156 valence electrons. The van der Waals surface area contributed by atoms with Crippen LogP contribution in [0.3, 0.4) is 0 Å². The summed E-state index contributed by atoms with van der Waals surface area (Å²) >= 11 is 0. The second kappa shape index (κ2) is 9.18. The van der Waals surface area contributed by atoms with Crippen LogP contribution in [0.2, 0.25) is 0 Å². The van der Waals surface area contributed by atoms with Gasteiger partial charge in [0.15, 0.2) is 11.1 Å². The maximum Gasteiger partial charge on any atom is 0.200 e. The van der Waals surface area contributed by atoms with Crippen molar-refractivity contribution in [1.82, 2.24) is 9.97 Å². The lowest BCUT2D eigenvalue weighted by molar-refractivity contribution is 0.566. The molecular weight excluding hydrogens is 403 g/mol. The highest BCUT2D eigenvalue weighted by molar-refractivity contribution is 7.92. The van der Waals surface area contributed by atoms with E-state index in [0.29, 0.717) is 23.5 Å². The largest absolute Gasteiger partial charge is 0.368 e. The van der Waals surface area contributed by atoms with Crippen LogP contribution in [0.4, 0.5) is 10.2 Å². The maximum absolute atomic E-state index is 13.3. The van der Waals surface area contributed by atoms with Crippen molar-refractivity contribution in [3.8, 4) is 6.07 Å². The van der Waals surface area contributed by atoms with Crippen LogP contribution in [-0.4, -0.2) is 24.9 Å². The zero-order chi connectivity index (χ0) is 21.7. The number of anilines is 1. The number of para-hydroxylation sites is 2. The molecule has 1 aromatic heterocycles. The number of sulfone groups is 1. The number of rotatable bonds is 8. The molecule has 0 aliphatic heterocycles. The van der Waals surface area contributed by atoms with Gasteiger partial charge in [0.05, 0.1) is 22.0 Å². The quantitative estimate of drug-likeness (QED) is 0.416. The molecule has 0 unspecified atom stereocenters. The molecule has 2 aromatic carbocycles. The third-order valence-corrected chi connectivity index (χ3v) is 6.54. The molecule has 0 aliphatic rings. The molecule has 0 fully saturated rings. The van der Waals surface area contributed by atoms with Gasteiger partial charge >= 0.3 is 0 Å². The highest BCUT2D eigenvalue weighted by atomic mass is 32.2. The topological polar surface area (TPSA) is 95.7 Å². The van der Waals surface area contributed by atoms with Crippen LogP contribution in [0.1, 0.15) is 37.6 Å². The van der Waals surface area contributed by atoms with Gasteiger partial charge < -0.3 is 5.32 Å². The Bertz CT molecular complexity index is 1170. The Kier molecular flexibility index (Phi) is 6.63. The highest BCUT2D eigenvalue weighted by Gasteiger charge is 2.33. The van der Waals surface area contributed by atoms with Crippen LogP contribution in [0, 0.1) is 23.1 Å².